The minimum Gasteiger partial charge on any atom is -0.439 e. The van der Waals surface area contributed by atoms with Crippen LogP contribution in [0.2, 0.25) is 0 Å². The van der Waals surface area contributed by atoms with E-state index in [-0.39, 0.29) is 6.61 Å². The quantitative estimate of drug-likeness (QED) is 0.839. The lowest BCUT2D eigenvalue weighted by molar-refractivity contribution is -0.120. The summed E-state index contributed by atoms with van der Waals surface area (Å²) in [5.41, 5.74) is 6.05. The van der Waals surface area contributed by atoms with Gasteiger partial charge in [0.1, 0.15) is 5.82 Å². The highest BCUT2D eigenvalue weighted by Gasteiger charge is 2.20. The molecule has 7 nitrogen and oxygen atoms in total. The third kappa shape index (κ3) is 4.91. The van der Waals surface area contributed by atoms with Gasteiger partial charge in [-0.15, -0.1) is 0 Å². The molecule has 1 saturated heterocycles. The van der Waals surface area contributed by atoms with Crippen LogP contribution in [-0.2, 0) is 9.53 Å². The number of primary amides is 1. The van der Waals surface area contributed by atoms with E-state index in [0.29, 0.717) is 12.5 Å². The highest BCUT2D eigenvalue weighted by molar-refractivity contribution is 5.78. The third-order valence-corrected chi connectivity index (χ3v) is 3.71. The van der Waals surface area contributed by atoms with Gasteiger partial charge in [0, 0.05) is 25.8 Å². The maximum atomic E-state index is 11.3. The zero-order valence-corrected chi connectivity index (χ0v) is 12.7. The minimum atomic E-state index is -0.658. The van der Waals surface area contributed by atoms with Crippen molar-refractivity contribution in [3.63, 3.8) is 0 Å². The molecular weight excluding hydrogens is 284 g/mol. The molecule has 0 unspecified atom stereocenters. The number of anilines is 1. The summed E-state index contributed by atoms with van der Waals surface area (Å²) in [6.45, 7) is 4.01. The first-order valence-electron chi connectivity index (χ1n) is 7.41. The van der Waals surface area contributed by atoms with Crippen LogP contribution in [-0.4, -0.2) is 43.2 Å². The van der Waals surface area contributed by atoms with Crippen LogP contribution in [0, 0.1) is 12.8 Å². The first kappa shape index (κ1) is 16.1. The van der Waals surface area contributed by atoms with E-state index < -0.39 is 12.0 Å². The van der Waals surface area contributed by atoms with Crippen molar-refractivity contribution in [1.29, 1.82) is 0 Å². The Bertz CT molecular complexity index is 510. The van der Waals surface area contributed by atoms with E-state index >= 15 is 0 Å². The number of aromatic nitrogens is 1. The number of rotatable bonds is 5. The van der Waals surface area contributed by atoms with Gasteiger partial charge in [-0.1, -0.05) is 6.07 Å². The van der Waals surface area contributed by atoms with Crippen molar-refractivity contribution < 1.29 is 14.3 Å². The van der Waals surface area contributed by atoms with E-state index in [9.17, 15) is 9.59 Å². The van der Waals surface area contributed by atoms with Crippen LogP contribution >= 0.6 is 0 Å². The molecule has 0 atom stereocenters. The fraction of sp³-hybridized carbons (Fsp3) is 0.533. The Labute approximate surface area is 129 Å². The maximum Gasteiger partial charge on any atom is 0.407 e. The molecule has 120 valence electrons. The van der Waals surface area contributed by atoms with Crippen molar-refractivity contribution in [2.24, 2.45) is 11.7 Å². The van der Waals surface area contributed by atoms with Crippen LogP contribution in [0.15, 0.2) is 18.3 Å². The number of piperidine rings is 1. The van der Waals surface area contributed by atoms with Crippen molar-refractivity contribution in [2.45, 2.75) is 19.8 Å². The summed E-state index contributed by atoms with van der Waals surface area (Å²) in [5, 5.41) is 2.67. The molecule has 2 heterocycles. The molecule has 2 rings (SSSR count). The lowest BCUT2D eigenvalue weighted by Crippen LogP contribution is -2.39. The second-order valence-corrected chi connectivity index (χ2v) is 5.55. The molecule has 1 aliphatic rings. The third-order valence-electron chi connectivity index (χ3n) is 3.71. The highest BCUT2D eigenvalue weighted by atomic mass is 16.6. The lowest BCUT2D eigenvalue weighted by atomic mass is 9.97. The molecule has 0 aliphatic carbocycles. The Hall–Kier alpha value is -2.31. The fourth-order valence-electron chi connectivity index (χ4n) is 2.43. The predicted molar refractivity (Wildman–Crippen MR) is 82.5 cm³/mol. The molecule has 0 radical (unpaired) electrons. The predicted octanol–water partition coefficient (Wildman–Crippen LogP) is 0.818. The SMILES string of the molecule is Cc1ccc(N2CCC(CNC(=O)OCC(N)=O)CC2)nc1. The van der Waals surface area contributed by atoms with Crippen LogP contribution in [0.5, 0.6) is 0 Å². The average molecular weight is 306 g/mol. The second kappa shape index (κ2) is 7.63. The fourth-order valence-corrected chi connectivity index (χ4v) is 2.43. The summed E-state index contributed by atoms with van der Waals surface area (Å²) >= 11 is 0. The first-order valence-corrected chi connectivity index (χ1v) is 7.41. The van der Waals surface area contributed by atoms with Crippen LogP contribution < -0.4 is 16.0 Å². The van der Waals surface area contributed by atoms with E-state index in [1.165, 1.54) is 0 Å². The molecule has 2 amide bonds. The van der Waals surface area contributed by atoms with Crippen molar-refractivity contribution in [1.82, 2.24) is 10.3 Å². The zero-order valence-electron chi connectivity index (χ0n) is 12.7. The molecule has 1 aliphatic heterocycles. The van der Waals surface area contributed by atoms with Crippen LogP contribution in [0.3, 0.4) is 0 Å². The molecule has 22 heavy (non-hydrogen) atoms. The van der Waals surface area contributed by atoms with Gasteiger partial charge in [0.25, 0.3) is 5.91 Å². The number of pyridine rings is 1. The Kier molecular flexibility index (Phi) is 5.57. The van der Waals surface area contributed by atoms with Gasteiger partial charge in [-0.2, -0.15) is 0 Å². The second-order valence-electron chi connectivity index (χ2n) is 5.55. The molecule has 3 N–H and O–H groups in total. The lowest BCUT2D eigenvalue weighted by Gasteiger charge is -2.32. The number of ether oxygens (including phenoxy) is 1. The smallest absolute Gasteiger partial charge is 0.407 e. The minimum absolute atomic E-state index is 0.386. The monoisotopic (exact) mass is 306 g/mol. The standard InChI is InChI=1S/C15H22N4O3/c1-11-2-3-14(17-8-11)19-6-4-12(5-7-19)9-18-15(21)22-10-13(16)20/h2-3,8,12H,4-7,9-10H2,1H3,(H2,16,20)(H,18,21). The van der Waals surface area contributed by atoms with Gasteiger partial charge in [-0.05, 0) is 37.3 Å². The Morgan fingerprint density at radius 3 is 2.73 bits per heavy atom. The molecule has 1 aromatic heterocycles. The van der Waals surface area contributed by atoms with Crippen LogP contribution in [0.1, 0.15) is 18.4 Å². The topological polar surface area (TPSA) is 97.5 Å². The summed E-state index contributed by atoms with van der Waals surface area (Å²) in [6.07, 6.45) is 3.23. The summed E-state index contributed by atoms with van der Waals surface area (Å²) in [7, 11) is 0. The van der Waals surface area contributed by atoms with E-state index in [0.717, 1.165) is 37.3 Å². The molecule has 0 bridgehead atoms. The molecule has 0 aromatic carbocycles. The zero-order chi connectivity index (χ0) is 15.9. The normalized spacial score (nSPS) is 15.4. The van der Waals surface area contributed by atoms with E-state index in [1.54, 1.807) is 0 Å². The number of aryl methyl sites for hydroxylation is 1. The summed E-state index contributed by atoms with van der Waals surface area (Å²) in [6, 6.07) is 4.10. The number of nitrogens with zero attached hydrogens (tertiary/aromatic N) is 2. The molecule has 0 spiro atoms. The molecule has 7 heteroatoms. The largest absolute Gasteiger partial charge is 0.439 e. The van der Waals surface area contributed by atoms with Gasteiger partial charge in [0.15, 0.2) is 6.61 Å². The van der Waals surface area contributed by atoms with Crippen molar-refractivity contribution in [3.05, 3.63) is 23.9 Å². The Morgan fingerprint density at radius 2 is 2.14 bits per heavy atom. The average Bonchev–Trinajstić information content (AvgIpc) is 2.52. The maximum absolute atomic E-state index is 11.3. The van der Waals surface area contributed by atoms with Gasteiger partial charge in [0.2, 0.25) is 0 Å². The van der Waals surface area contributed by atoms with Gasteiger partial charge in [-0.3, -0.25) is 4.79 Å². The number of carbonyl (C=O) groups excluding carboxylic acids is 2. The van der Waals surface area contributed by atoms with Crippen molar-refractivity contribution in [2.75, 3.05) is 31.1 Å². The Balaban J connectivity index is 1.70. The van der Waals surface area contributed by atoms with Crippen LogP contribution in [0.25, 0.3) is 0 Å². The number of hydrogen-bond acceptors (Lipinski definition) is 5. The molecule has 1 aromatic rings. The summed E-state index contributed by atoms with van der Waals surface area (Å²) < 4.78 is 4.65. The van der Waals surface area contributed by atoms with E-state index in [2.05, 4.69) is 26.0 Å². The number of alkyl carbamates (subject to hydrolysis) is 1. The van der Waals surface area contributed by atoms with Gasteiger partial charge < -0.3 is 20.7 Å². The number of amides is 2. The number of carbonyl (C=O) groups is 2. The van der Waals surface area contributed by atoms with E-state index in [1.807, 2.05) is 19.2 Å². The van der Waals surface area contributed by atoms with Crippen LogP contribution in [0.4, 0.5) is 10.6 Å². The van der Waals surface area contributed by atoms with Crippen molar-refractivity contribution >= 4 is 17.8 Å². The summed E-state index contributed by atoms with van der Waals surface area (Å²) in [4.78, 5) is 28.5. The molecular formula is C15H22N4O3. The van der Waals surface area contributed by atoms with E-state index in [4.69, 9.17) is 5.73 Å². The highest BCUT2D eigenvalue weighted by Crippen LogP contribution is 2.21. The molecule has 1 fully saturated rings. The first-order chi connectivity index (χ1) is 10.5. The number of nitrogens with one attached hydrogen (secondary N) is 1. The van der Waals surface area contributed by atoms with Gasteiger partial charge in [-0.25, -0.2) is 9.78 Å². The molecule has 0 saturated carbocycles. The number of nitrogens with two attached hydrogens (primary N) is 1. The number of hydrogen-bond donors (Lipinski definition) is 2. The Morgan fingerprint density at radius 1 is 1.41 bits per heavy atom. The summed E-state index contributed by atoms with van der Waals surface area (Å²) in [5.74, 6) is 0.745. The van der Waals surface area contributed by atoms with Crippen molar-refractivity contribution in [3.8, 4) is 0 Å². The van der Waals surface area contributed by atoms with Gasteiger partial charge >= 0.3 is 6.09 Å². The van der Waals surface area contributed by atoms with Gasteiger partial charge in [0.05, 0.1) is 0 Å².